The van der Waals surface area contributed by atoms with Crippen LogP contribution in [0.4, 0.5) is 0 Å². The van der Waals surface area contributed by atoms with E-state index in [1.54, 1.807) is 11.3 Å². The molecule has 0 saturated heterocycles. The van der Waals surface area contributed by atoms with Gasteiger partial charge in [-0.2, -0.15) is 5.26 Å². The van der Waals surface area contributed by atoms with Crippen molar-refractivity contribution in [3.05, 3.63) is 57.8 Å². The Bertz CT molecular complexity index is 596. The highest BCUT2D eigenvalue weighted by atomic mass is 32.1. The van der Waals surface area contributed by atoms with Gasteiger partial charge in [-0.3, -0.25) is 4.79 Å². The monoisotopic (exact) mass is 284 g/mol. The summed E-state index contributed by atoms with van der Waals surface area (Å²) in [6.45, 7) is 1.99. The molecule has 2 rings (SSSR count). The van der Waals surface area contributed by atoms with E-state index in [4.69, 9.17) is 0 Å². The lowest BCUT2D eigenvalue weighted by atomic mass is 10.1. The van der Waals surface area contributed by atoms with Crippen LogP contribution in [0.1, 0.15) is 28.5 Å². The van der Waals surface area contributed by atoms with Crippen molar-refractivity contribution in [3.63, 3.8) is 0 Å². The third-order valence-corrected chi connectivity index (χ3v) is 3.96. The Morgan fingerprint density at radius 2 is 2.10 bits per heavy atom. The number of hydrogen-bond donors (Lipinski definition) is 1. The predicted octanol–water partition coefficient (Wildman–Crippen LogP) is 3.37. The maximum Gasteiger partial charge on any atom is 0.221 e. The van der Waals surface area contributed by atoms with Gasteiger partial charge in [0.25, 0.3) is 0 Å². The second kappa shape index (κ2) is 6.88. The Balaban J connectivity index is 1.91. The van der Waals surface area contributed by atoms with Crippen molar-refractivity contribution in [2.45, 2.75) is 25.8 Å². The minimum atomic E-state index is -0.577. The molecule has 1 aromatic carbocycles. The molecule has 20 heavy (non-hydrogen) atoms. The first kappa shape index (κ1) is 14.3. The van der Waals surface area contributed by atoms with Gasteiger partial charge in [0.1, 0.15) is 6.04 Å². The van der Waals surface area contributed by atoms with Crippen molar-refractivity contribution in [1.82, 2.24) is 5.32 Å². The molecule has 0 aliphatic rings. The number of nitrogens with zero attached hydrogens (tertiary/aromatic N) is 1. The average molecular weight is 284 g/mol. The van der Waals surface area contributed by atoms with Crippen molar-refractivity contribution in [1.29, 1.82) is 5.26 Å². The number of amides is 1. The molecule has 1 aromatic heterocycles. The zero-order chi connectivity index (χ0) is 14.4. The van der Waals surface area contributed by atoms with Gasteiger partial charge in [-0.05, 0) is 30.4 Å². The maximum atomic E-state index is 11.9. The van der Waals surface area contributed by atoms with E-state index in [1.807, 2.05) is 48.7 Å². The van der Waals surface area contributed by atoms with E-state index >= 15 is 0 Å². The molecule has 0 aliphatic carbocycles. The molecule has 102 valence electrons. The van der Waals surface area contributed by atoms with Gasteiger partial charge < -0.3 is 5.32 Å². The van der Waals surface area contributed by atoms with Crippen molar-refractivity contribution in [2.75, 3.05) is 0 Å². The number of carbonyl (C=O) groups is 1. The molecule has 0 bridgehead atoms. The molecule has 1 amide bonds. The van der Waals surface area contributed by atoms with Gasteiger partial charge in [0.2, 0.25) is 5.91 Å². The second-order valence-corrected chi connectivity index (χ2v) is 5.65. The minimum absolute atomic E-state index is 0.0921. The van der Waals surface area contributed by atoms with Crippen molar-refractivity contribution >= 4 is 17.2 Å². The number of hydrogen-bond acceptors (Lipinski definition) is 3. The van der Waals surface area contributed by atoms with Crippen LogP contribution < -0.4 is 5.32 Å². The molecule has 3 nitrogen and oxygen atoms in total. The fourth-order valence-electron chi connectivity index (χ4n) is 1.87. The largest absolute Gasteiger partial charge is 0.337 e. The van der Waals surface area contributed by atoms with Crippen LogP contribution in [0.5, 0.6) is 0 Å². The van der Waals surface area contributed by atoms with E-state index in [0.29, 0.717) is 6.42 Å². The van der Waals surface area contributed by atoms with Gasteiger partial charge in [0, 0.05) is 11.3 Å². The van der Waals surface area contributed by atoms with Gasteiger partial charge in [0.15, 0.2) is 0 Å². The van der Waals surface area contributed by atoms with E-state index in [1.165, 1.54) is 4.88 Å². The summed E-state index contributed by atoms with van der Waals surface area (Å²) in [4.78, 5) is 13.1. The number of carbonyl (C=O) groups excluding carboxylic acids is 1. The summed E-state index contributed by atoms with van der Waals surface area (Å²) in [6.07, 6.45) is 1.13. The maximum absolute atomic E-state index is 11.9. The van der Waals surface area contributed by atoms with Crippen LogP contribution in [0, 0.1) is 18.3 Å². The fraction of sp³-hybridized carbons (Fsp3) is 0.250. The third kappa shape index (κ3) is 3.94. The minimum Gasteiger partial charge on any atom is -0.337 e. The number of thiophene rings is 1. The summed E-state index contributed by atoms with van der Waals surface area (Å²) in [5, 5.41) is 14.0. The van der Waals surface area contributed by atoms with Gasteiger partial charge >= 0.3 is 0 Å². The SMILES string of the molecule is Cc1ccc(C(C#N)NC(=O)CCc2cccs2)cc1. The lowest BCUT2D eigenvalue weighted by molar-refractivity contribution is -0.121. The summed E-state index contributed by atoms with van der Waals surface area (Å²) in [5.41, 5.74) is 1.96. The predicted molar refractivity (Wildman–Crippen MR) is 80.3 cm³/mol. The highest BCUT2D eigenvalue weighted by molar-refractivity contribution is 7.09. The lowest BCUT2D eigenvalue weighted by Crippen LogP contribution is -2.27. The molecule has 2 aromatic rings. The van der Waals surface area contributed by atoms with Gasteiger partial charge in [0.05, 0.1) is 6.07 Å². The number of nitrogens with one attached hydrogen (secondary N) is 1. The molecule has 0 aliphatic heterocycles. The molecule has 0 fully saturated rings. The average Bonchev–Trinajstić information content (AvgIpc) is 2.97. The molecule has 0 radical (unpaired) electrons. The number of aryl methyl sites for hydroxylation is 2. The van der Waals surface area contributed by atoms with E-state index in [9.17, 15) is 10.1 Å². The third-order valence-electron chi connectivity index (χ3n) is 3.02. The molecule has 1 atom stereocenters. The molecular weight excluding hydrogens is 268 g/mol. The van der Waals surface area contributed by atoms with Crippen LogP contribution in [0.2, 0.25) is 0 Å². The lowest BCUT2D eigenvalue weighted by Gasteiger charge is -2.12. The Hall–Kier alpha value is -2.12. The van der Waals surface area contributed by atoms with Crippen LogP contribution >= 0.6 is 11.3 Å². The molecule has 1 heterocycles. The first-order valence-electron chi connectivity index (χ1n) is 6.47. The number of nitriles is 1. The summed E-state index contributed by atoms with van der Waals surface area (Å²) in [7, 11) is 0. The Labute approximate surface area is 122 Å². The topological polar surface area (TPSA) is 52.9 Å². The van der Waals surface area contributed by atoms with Crippen molar-refractivity contribution in [2.24, 2.45) is 0 Å². The van der Waals surface area contributed by atoms with E-state index in [0.717, 1.165) is 17.5 Å². The molecule has 1 N–H and O–H groups in total. The van der Waals surface area contributed by atoms with Crippen LogP contribution in [-0.4, -0.2) is 5.91 Å². The van der Waals surface area contributed by atoms with Crippen LogP contribution in [0.15, 0.2) is 41.8 Å². The normalized spacial score (nSPS) is 11.6. The first-order valence-corrected chi connectivity index (χ1v) is 7.35. The van der Waals surface area contributed by atoms with E-state index in [-0.39, 0.29) is 5.91 Å². The number of benzene rings is 1. The van der Waals surface area contributed by atoms with Crippen molar-refractivity contribution < 1.29 is 4.79 Å². The summed E-state index contributed by atoms with van der Waals surface area (Å²) >= 11 is 1.64. The van der Waals surface area contributed by atoms with Crippen LogP contribution in [-0.2, 0) is 11.2 Å². The molecule has 4 heteroatoms. The quantitative estimate of drug-likeness (QED) is 0.915. The summed E-state index contributed by atoms with van der Waals surface area (Å²) < 4.78 is 0. The van der Waals surface area contributed by atoms with Gasteiger partial charge in [-0.15, -0.1) is 11.3 Å². The van der Waals surface area contributed by atoms with Crippen LogP contribution in [0.3, 0.4) is 0 Å². The molecule has 0 saturated carbocycles. The number of rotatable bonds is 5. The molecule has 0 spiro atoms. The Morgan fingerprint density at radius 3 is 2.70 bits per heavy atom. The van der Waals surface area contributed by atoms with Gasteiger partial charge in [-0.1, -0.05) is 35.9 Å². The fourth-order valence-corrected chi connectivity index (χ4v) is 2.58. The zero-order valence-corrected chi connectivity index (χ0v) is 12.1. The van der Waals surface area contributed by atoms with Crippen molar-refractivity contribution in [3.8, 4) is 6.07 Å². The summed E-state index contributed by atoms with van der Waals surface area (Å²) in [5.74, 6) is -0.0921. The molecular formula is C16H16N2OS. The first-order chi connectivity index (χ1) is 9.69. The highest BCUT2D eigenvalue weighted by Gasteiger charge is 2.13. The Morgan fingerprint density at radius 1 is 1.35 bits per heavy atom. The highest BCUT2D eigenvalue weighted by Crippen LogP contribution is 2.14. The Kier molecular flexibility index (Phi) is 4.91. The smallest absolute Gasteiger partial charge is 0.221 e. The van der Waals surface area contributed by atoms with E-state index in [2.05, 4.69) is 11.4 Å². The van der Waals surface area contributed by atoms with E-state index < -0.39 is 6.04 Å². The zero-order valence-electron chi connectivity index (χ0n) is 11.3. The van der Waals surface area contributed by atoms with Crippen LogP contribution in [0.25, 0.3) is 0 Å². The molecule has 1 unspecified atom stereocenters. The van der Waals surface area contributed by atoms with Gasteiger partial charge in [-0.25, -0.2) is 0 Å². The second-order valence-electron chi connectivity index (χ2n) is 4.62. The standard InChI is InChI=1S/C16H16N2OS/c1-12-4-6-13(7-5-12)15(11-17)18-16(19)9-8-14-3-2-10-20-14/h2-7,10,15H,8-9H2,1H3,(H,18,19). The summed E-state index contributed by atoms with van der Waals surface area (Å²) in [6, 6.07) is 13.2.